The van der Waals surface area contributed by atoms with E-state index in [0.717, 1.165) is 38.9 Å². The van der Waals surface area contributed by atoms with Crippen LogP contribution in [0.25, 0.3) is 11.3 Å². The van der Waals surface area contributed by atoms with Crippen LogP contribution in [0.2, 0.25) is 0 Å². The first kappa shape index (κ1) is 17.2. The van der Waals surface area contributed by atoms with E-state index in [1.807, 2.05) is 54.6 Å². The smallest absolute Gasteiger partial charge is 0.170 e. The van der Waals surface area contributed by atoms with E-state index in [4.69, 9.17) is 16.6 Å². The molecule has 1 aliphatic rings. The first-order valence-corrected chi connectivity index (χ1v) is 9.71. The standard InChI is InChI=1S/C20H18BrN3OS/c1-2-24-19(18(23-20(24)26)15-5-3-4-12-22-15)17-11-10-16(25-17)13-6-8-14(21)9-7-13/h3-12,18-19H,2H2,1H3,(H,23,26). The summed E-state index contributed by atoms with van der Waals surface area (Å²) in [4.78, 5) is 6.67. The largest absolute Gasteiger partial charge is 0.459 e. The number of hydrogen-bond donors (Lipinski definition) is 1. The molecule has 0 radical (unpaired) electrons. The summed E-state index contributed by atoms with van der Waals surface area (Å²) in [5.41, 5.74) is 2.00. The highest BCUT2D eigenvalue weighted by molar-refractivity contribution is 9.10. The molecule has 0 aliphatic carbocycles. The van der Waals surface area contributed by atoms with Crippen LogP contribution in [-0.4, -0.2) is 21.5 Å². The molecule has 132 valence electrons. The first-order chi connectivity index (χ1) is 12.7. The number of aromatic nitrogens is 1. The molecule has 0 amide bonds. The number of pyridine rings is 1. The molecule has 3 aromatic rings. The molecule has 2 atom stereocenters. The van der Waals surface area contributed by atoms with Gasteiger partial charge in [0.05, 0.1) is 11.7 Å². The Morgan fingerprint density at radius 3 is 2.65 bits per heavy atom. The molecule has 1 saturated heterocycles. The second kappa shape index (κ2) is 7.21. The number of nitrogens with zero attached hydrogens (tertiary/aromatic N) is 2. The summed E-state index contributed by atoms with van der Waals surface area (Å²) in [6.45, 7) is 2.90. The monoisotopic (exact) mass is 427 g/mol. The van der Waals surface area contributed by atoms with Gasteiger partial charge in [-0.05, 0) is 55.5 Å². The molecule has 4 rings (SSSR count). The highest BCUT2D eigenvalue weighted by atomic mass is 79.9. The van der Waals surface area contributed by atoms with Gasteiger partial charge in [-0.3, -0.25) is 4.98 Å². The van der Waals surface area contributed by atoms with Crippen molar-refractivity contribution in [1.29, 1.82) is 0 Å². The van der Waals surface area contributed by atoms with Crippen molar-refractivity contribution in [3.63, 3.8) is 0 Å². The van der Waals surface area contributed by atoms with Crippen molar-refractivity contribution < 1.29 is 4.42 Å². The second-order valence-corrected chi connectivity index (χ2v) is 7.42. The van der Waals surface area contributed by atoms with Crippen LogP contribution in [0.3, 0.4) is 0 Å². The average Bonchev–Trinajstić information content (AvgIpc) is 3.27. The third-order valence-electron chi connectivity index (χ3n) is 4.59. The molecule has 0 bridgehead atoms. The third-order valence-corrected chi connectivity index (χ3v) is 5.47. The number of furan rings is 1. The first-order valence-electron chi connectivity index (χ1n) is 8.51. The number of hydrogen-bond acceptors (Lipinski definition) is 3. The molecule has 0 saturated carbocycles. The summed E-state index contributed by atoms with van der Waals surface area (Å²) in [7, 11) is 0. The van der Waals surface area contributed by atoms with Crippen LogP contribution < -0.4 is 5.32 Å². The normalized spacial score (nSPS) is 19.6. The van der Waals surface area contributed by atoms with Crippen LogP contribution >= 0.6 is 28.1 Å². The molecule has 0 spiro atoms. The van der Waals surface area contributed by atoms with E-state index in [1.165, 1.54) is 0 Å². The fourth-order valence-corrected chi connectivity index (χ4v) is 3.97. The number of nitrogens with one attached hydrogen (secondary N) is 1. The predicted molar refractivity (Wildman–Crippen MR) is 110 cm³/mol. The third kappa shape index (κ3) is 3.15. The van der Waals surface area contributed by atoms with Gasteiger partial charge in [0, 0.05) is 22.8 Å². The average molecular weight is 428 g/mol. The van der Waals surface area contributed by atoms with Crippen LogP contribution in [0.4, 0.5) is 0 Å². The molecule has 2 unspecified atom stereocenters. The second-order valence-electron chi connectivity index (χ2n) is 6.12. The van der Waals surface area contributed by atoms with Crippen LogP contribution in [0, 0.1) is 0 Å². The number of rotatable bonds is 4. The zero-order chi connectivity index (χ0) is 18.1. The Morgan fingerprint density at radius 2 is 1.96 bits per heavy atom. The van der Waals surface area contributed by atoms with Crippen molar-refractivity contribution in [2.45, 2.75) is 19.0 Å². The highest BCUT2D eigenvalue weighted by Crippen LogP contribution is 2.40. The van der Waals surface area contributed by atoms with Crippen molar-refractivity contribution in [3.8, 4) is 11.3 Å². The topological polar surface area (TPSA) is 41.3 Å². The maximum atomic E-state index is 6.24. The van der Waals surface area contributed by atoms with E-state index in [0.29, 0.717) is 0 Å². The lowest BCUT2D eigenvalue weighted by Crippen LogP contribution is -2.29. The fraction of sp³-hybridized carbons (Fsp3) is 0.200. The van der Waals surface area contributed by atoms with Crippen molar-refractivity contribution in [2.75, 3.05) is 6.54 Å². The van der Waals surface area contributed by atoms with Gasteiger partial charge in [-0.1, -0.05) is 34.1 Å². The van der Waals surface area contributed by atoms with Crippen LogP contribution in [0.5, 0.6) is 0 Å². The molecular formula is C20H18BrN3OS. The van der Waals surface area contributed by atoms with Gasteiger partial charge in [0.15, 0.2) is 5.11 Å². The minimum absolute atomic E-state index is 0.0217. The van der Waals surface area contributed by atoms with E-state index < -0.39 is 0 Å². The zero-order valence-electron chi connectivity index (χ0n) is 14.2. The quantitative estimate of drug-likeness (QED) is 0.586. The Labute approximate surface area is 166 Å². The van der Waals surface area contributed by atoms with Crippen LogP contribution in [0.1, 0.15) is 30.5 Å². The Balaban J connectivity index is 1.71. The Hall–Kier alpha value is -2.18. The Morgan fingerprint density at radius 1 is 1.15 bits per heavy atom. The van der Waals surface area contributed by atoms with Crippen LogP contribution in [0.15, 0.2) is 69.7 Å². The maximum absolute atomic E-state index is 6.24. The Bertz CT molecular complexity index is 910. The molecule has 4 nitrogen and oxygen atoms in total. The van der Waals surface area contributed by atoms with Gasteiger partial charge in [-0.2, -0.15) is 0 Å². The van der Waals surface area contributed by atoms with Gasteiger partial charge in [-0.25, -0.2) is 0 Å². The molecule has 2 aromatic heterocycles. The zero-order valence-corrected chi connectivity index (χ0v) is 16.6. The van der Waals surface area contributed by atoms with E-state index in [-0.39, 0.29) is 12.1 Å². The van der Waals surface area contributed by atoms with Crippen molar-refractivity contribution >= 4 is 33.3 Å². The summed E-state index contributed by atoms with van der Waals surface area (Å²) < 4.78 is 7.29. The van der Waals surface area contributed by atoms with Crippen molar-refractivity contribution in [3.05, 3.63) is 76.7 Å². The highest BCUT2D eigenvalue weighted by Gasteiger charge is 2.40. The van der Waals surface area contributed by atoms with E-state index in [9.17, 15) is 0 Å². The predicted octanol–water partition coefficient (Wildman–Crippen LogP) is 5.10. The molecule has 1 aliphatic heterocycles. The molecule has 1 aromatic carbocycles. The molecule has 1 N–H and O–H groups in total. The van der Waals surface area contributed by atoms with Crippen molar-refractivity contribution in [1.82, 2.24) is 15.2 Å². The number of benzene rings is 1. The van der Waals surface area contributed by atoms with Gasteiger partial charge in [0.25, 0.3) is 0 Å². The number of likely N-dealkylation sites (N-methyl/N-ethyl adjacent to an activating group) is 1. The molecular weight excluding hydrogens is 410 g/mol. The minimum Gasteiger partial charge on any atom is -0.459 e. The summed E-state index contributed by atoms with van der Waals surface area (Å²) in [5, 5.41) is 4.14. The summed E-state index contributed by atoms with van der Waals surface area (Å²) >= 11 is 9.02. The number of halogens is 1. The summed E-state index contributed by atoms with van der Waals surface area (Å²) in [5.74, 6) is 1.73. The van der Waals surface area contributed by atoms with E-state index in [1.54, 1.807) is 6.20 Å². The van der Waals surface area contributed by atoms with Gasteiger partial charge >= 0.3 is 0 Å². The van der Waals surface area contributed by atoms with Gasteiger partial charge in [0.2, 0.25) is 0 Å². The summed E-state index contributed by atoms with van der Waals surface area (Å²) in [6, 6.07) is 18.0. The lowest BCUT2D eigenvalue weighted by molar-refractivity contribution is 0.284. The van der Waals surface area contributed by atoms with E-state index in [2.05, 4.69) is 38.1 Å². The summed E-state index contributed by atoms with van der Waals surface area (Å²) in [6.07, 6.45) is 1.81. The molecule has 3 heterocycles. The van der Waals surface area contributed by atoms with Crippen LogP contribution in [-0.2, 0) is 0 Å². The lowest BCUT2D eigenvalue weighted by atomic mass is 10.0. The van der Waals surface area contributed by atoms with Crippen molar-refractivity contribution in [2.24, 2.45) is 0 Å². The fourth-order valence-electron chi connectivity index (χ4n) is 3.34. The Kier molecular flexibility index (Phi) is 4.78. The maximum Gasteiger partial charge on any atom is 0.170 e. The molecule has 6 heteroatoms. The number of thiocarbonyl (C=S) groups is 1. The lowest BCUT2D eigenvalue weighted by Gasteiger charge is -2.24. The molecule has 26 heavy (non-hydrogen) atoms. The molecule has 1 fully saturated rings. The van der Waals surface area contributed by atoms with E-state index >= 15 is 0 Å². The van der Waals surface area contributed by atoms with Gasteiger partial charge in [0.1, 0.15) is 17.6 Å². The minimum atomic E-state index is -0.0347. The van der Waals surface area contributed by atoms with Gasteiger partial charge < -0.3 is 14.6 Å². The van der Waals surface area contributed by atoms with Gasteiger partial charge in [-0.15, -0.1) is 0 Å². The SMILES string of the molecule is CCN1C(=S)NC(c2ccccn2)C1c1ccc(-c2ccc(Br)cc2)o1.